The van der Waals surface area contributed by atoms with Crippen LogP contribution in [0.2, 0.25) is 0 Å². The molecular weight excluding hydrogens is 360 g/mol. The summed E-state index contributed by atoms with van der Waals surface area (Å²) >= 11 is 0. The summed E-state index contributed by atoms with van der Waals surface area (Å²) in [5.74, 6) is 0. The summed E-state index contributed by atoms with van der Waals surface area (Å²) in [6, 6.07) is 0. The zero-order valence-corrected chi connectivity index (χ0v) is 18.5. The Morgan fingerprint density at radius 2 is 1.00 bits per heavy atom. The minimum Gasteiger partial charge on any atom is -0.378 e. The van der Waals surface area contributed by atoms with Gasteiger partial charge in [0.05, 0.1) is 22.7 Å². The number of unbranched alkanes of at least 4 members (excludes halogenated alkanes) is 4. The third kappa shape index (κ3) is 7.66. The second kappa shape index (κ2) is 12.4. The van der Waals surface area contributed by atoms with Crippen LogP contribution >= 0.6 is 0 Å². The molecule has 0 spiro atoms. The summed E-state index contributed by atoms with van der Waals surface area (Å²) in [5.41, 5.74) is 0. The molecule has 0 heterocycles. The quantitative estimate of drug-likeness (QED) is 0.408. The Kier molecular flexibility index (Phi) is 10.7. The van der Waals surface area contributed by atoms with Crippen molar-refractivity contribution in [2.75, 3.05) is 13.2 Å². The summed E-state index contributed by atoms with van der Waals surface area (Å²) < 4.78 is 38.0. The van der Waals surface area contributed by atoms with E-state index in [1.54, 1.807) is 0 Å². The van der Waals surface area contributed by atoms with E-state index in [9.17, 15) is 8.42 Å². The molecule has 0 radical (unpaired) electrons. The van der Waals surface area contributed by atoms with Gasteiger partial charge in [0, 0.05) is 13.2 Å². The Balaban J connectivity index is 1.68. The first-order chi connectivity index (χ1) is 13.1. The highest BCUT2D eigenvalue weighted by Gasteiger charge is 2.38. The summed E-state index contributed by atoms with van der Waals surface area (Å²) in [6.45, 7) is 6.06. The van der Waals surface area contributed by atoms with Crippen molar-refractivity contribution in [2.45, 2.75) is 126 Å². The fourth-order valence-corrected chi connectivity index (χ4v) is 6.93. The molecule has 27 heavy (non-hydrogen) atoms. The normalized spacial score (nSPS) is 29.7. The number of hydrogen-bond donors (Lipinski definition) is 0. The van der Waals surface area contributed by atoms with E-state index < -0.39 is 9.84 Å². The molecule has 0 unspecified atom stereocenters. The lowest BCUT2D eigenvalue weighted by molar-refractivity contribution is 0.0252. The standard InChI is InChI=1S/C22H42O4S/c1-3-5-7-17-25-19-9-13-21(14-10-19)27(23,24)22-15-11-20(12-16-22)26-18-8-6-4-2/h19-22H,3-18H2,1-2H3. The zero-order valence-electron chi connectivity index (χ0n) is 17.7. The monoisotopic (exact) mass is 402 g/mol. The van der Waals surface area contributed by atoms with Crippen molar-refractivity contribution in [3.05, 3.63) is 0 Å². The molecule has 0 aliphatic heterocycles. The number of sulfone groups is 1. The first kappa shape index (κ1) is 23.2. The first-order valence-corrected chi connectivity index (χ1v) is 13.1. The van der Waals surface area contributed by atoms with Crippen molar-refractivity contribution in [1.82, 2.24) is 0 Å². The van der Waals surface area contributed by atoms with Crippen molar-refractivity contribution in [2.24, 2.45) is 0 Å². The Morgan fingerprint density at radius 1 is 0.630 bits per heavy atom. The molecule has 4 nitrogen and oxygen atoms in total. The van der Waals surface area contributed by atoms with Crippen LogP contribution in [0.4, 0.5) is 0 Å². The molecule has 0 saturated heterocycles. The van der Waals surface area contributed by atoms with E-state index in [1.165, 1.54) is 25.7 Å². The van der Waals surface area contributed by atoms with Crippen LogP contribution in [0.15, 0.2) is 0 Å². The molecule has 0 amide bonds. The fourth-order valence-electron chi connectivity index (χ4n) is 4.53. The van der Waals surface area contributed by atoms with E-state index in [2.05, 4.69) is 13.8 Å². The average Bonchev–Trinajstić information content (AvgIpc) is 2.69. The minimum atomic E-state index is -3.00. The Bertz CT molecular complexity index is 437. The van der Waals surface area contributed by atoms with Crippen molar-refractivity contribution in [3.8, 4) is 0 Å². The van der Waals surface area contributed by atoms with Gasteiger partial charge in [-0.25, -0.2) is 8.42 Å². The van der Waals surface area contributed by atoms with Crippen LogP contribution in [0.1, 0.15) is 104 Å². The van der Waals surface area contributed by atoms with Gasteiger partial charge < -0.3 is 9.47 Å². The van der Waals surface area contributed by atoms with Gasteiger partial charge >= 0.3 is 0 Å². The molecule has 0 aromatic heterocycles. The van der Waals surface area contributed by atoms with Gasteiger partial charge in [-0.1, -0.05) is 39.5 Å². The molecule has 2 fully saturated rings. The predicted octanol–water partition coefficient (Wildman–Crippen LogP) is 5.44. The molecule has 0 bridgehead atoms. The van der Waals surface area contributed by atoms with Crippen molar-refractivity contribution in [3.63, 3.8) is 0 Å². The van der Waals surface area contributed by atoms with Gasteiger partial charge in [0.15, 0.2) is 9.84 Å². The molecule has 2 saturated carbocycles. The van der Waals surface area contributed by atoms with Gasteiger partial charge in [0.2, 0.25) is 0 Å². The lowest BCUT2D eigenvalue weighted by atomic mass is 9.96. The van der Waals surface area contributed by atoms with Gasteiger partial charge in [-0.3, -0.25) is 0 Å². The number of ether oxygens (including phenoxy) is 2. The zero-order chi connectivity index (χ0) is 19.5. The molecule has 2 aliphatic rings. The van der Waals surface area contributed by atoms with Gasteiger partial charge in [-0.05, 0) is 64.2 Å². The van der Waals surface area contributed by atoms with Crippen LogP contribution in [-0.4, -0.2) is 44.3 Å². The molecular formula is C22H42O4S. The minimum absolute atomic E-state index is 0.139. The van der Waals surface area contributed by atoms with Crippen LogP contribution in [0.5, 0.6) is 0 Å². The maximum atomic E-state index is 13.1. The van der Waals surface area contributed by atoms with E-state index in [0.29, 0.717) is 0 Å². The van der Waals surface area contributed by atoms with Crippen LogP contribution in [0.25, 0.3) is 0 Å². The first-order valence-electron chi connectivity index (χ1n) is 11.5. The van der Waals surface area contributed by atoms with Crippen LogP contribution in [0.3, 0.4) is 0 Å². The lowest BCUT2D eigenvalue weighted by Gasteiger charge is -2.34. The van der Waals surface area contributed by atoms with Gasteiger partial charge in [-0.15, -0.1) is 0 Å². The van der Waals surface area contributed by atoms with Crippen LogP contribution in [0, 0.1) is 0 Å². The second-order valence-corrected chi connectivity index (χ2v) is 11.1. The van der Waals surface area contributed by atoms with Crippen LogP contribution < -0.4 is 0 Å². The molecule has 2 rings (SSSR count). The summed E-state index contributed by atoms with van der Waals surface area (Å²) in [5, 5.41) is -0.278. The van der Waals surface area contributed by atoms with Gasteiger partial charge in [-0.2, -0.15) is 0 Å². The predicted molar refractivity (Wildman–Crippen MR) is 112 cm³/mol. The summed E-state index contributed by atoms with van der Waals surface area (Å²) in [7, 11) is -3.00. The van der Waals surface area contributed by atoms with E-state index in [1.807, 2.05) is 0 Å². The highest BCUT2D eigenvalue weighted by Crippen LogP contribution is 2.34. The highest BCUT2D eigenvalue weighted by atomic mass is 32.2. The fraction of sp³-hybridized carbons (Fsp3) is 1.00. The van der Waals surface area contributed by atoms with Crippen LogP contribution in [-0.2, 0) is 19.3 Å². The van der Waals surface area contributed by atoms with E-state index in [4.69, 9.17) is 9.47 Å². The molecule has 0 atom stereocenters. The maximum absolute atomic E-state index is 13.1. The number of hydrogen-bond acceptors (Lipinski definition) is 4. The molecule has 160 valence electrons. The average molecular weight is 403 g/mol. The molecule has 0 N–H and O–H groups in total. The van der Waals surface area contributed by atoms with Crippen molar-refractivity contribution >= 4 is 9.84 Å². The molecule has 2 aliphatic carbocycles. The highest BCUT2D eigenvalue weighted by molar-refractivity contribution is 7.92. The second-order valence-electron chi connectivity index (χ2n) is 8.54. The lowest BCUT2D eigenvalue weighted by Crippen LogP contribution is -2.39. The molecule has 0 aromatic rings. The van der Waals surface area contributed by atoms with E-state index in [0.717, 1.165) is 77.4 Å². The van der Waals surface area contributed by atoms with Gasteiger partial charge in [0.25, 0.3) is 0 Å². The largest absolute Gasteiger partial charge is 0.378 e. The topological polar surface area (TPSA) is 52.6 Å². The number of rotatable bonds is 12. The van der Waals surface area contributed by atoms with E-state index >= 15 is 0 Å². The molecule has 0 aromatic carbocycles. The molecule has 5 heteroatoms. The summed E-state index contributed by atoms with van der Waals surface area (Å²) in [4.78, 5) is 0. The van der Waals surface area contributed by atoms with Crippen molar-refractivity contribution < 1.29 is 17.9 Å². The third-order valence-corrected chi connectivity index (χ3v) is 9.18. The van der Waals surface area contributed by atoms with Gasteiger partial charge in [0.1, 0.15) is 0 Å². The summed E-state index contributed by atoms with van der Waals surface area (Å²) in [6.07, 6.45) is 14.4. The van der Waals surface area contributed by atoms with E-state index in [-0.39, 0.29) is 22.7 Å². The SMILES string of the molecule is CCCCCOC1CCC(S(=O)(=O)C2CCC(OCCCCC)CC2)CC1. The maximum Gasteiger partial charge on any atom is 0.156 e. The third-order valence-electron chi connectivity index (χ3n) is 6.37. The smallest absolute Gasteiger partial charge is 0.156 e. The Labute approximate surface area is 167 Å². The Morgan fingerprint density at radius 3 is 1.33 bits per heavy atom. The van der Waals surface area contributed by atoms with Crippen molar-refractivity contribution in [1.29, 1.82) is 0 Å². The Hall–Kier alpha value is -0.130.